The lowest BCUT2D eigenvalue weighted by atomic mass is 10.0. The van der Waals surface area contributed by atoms with Gasteiger partial charge in [0.2, 0.25) is 5.91 Å². The van der Waals surface area contributed by atoms with Gasteiger partial charge in [0, 0.05) is 13.0 Å². The Labute approximate surface area is 140 Å². The molecule has 7 nitrogen and oxygen atoms in total. The summed E-state index contributed by atoms with van der Waals surface area (Å²) in [7, 11) is 0. The number of amides is 1. The van der Waals surface area contributed by atoms with Crippen molar-refractivity contribution in [2.24, 2.45) is 0 Å². The predicted octanol–water partition coefficient (Wildman–Crippen LogP) is 1.80. The Morgan fingerprint density at radius 2 is 2.08 bits per heavy atom. The number of hydrogen-bond donors (Lipinski definition) is 0. The molecule has 2 aliphatic rings. The molecular weight excluding hydrogens is 308 g/mol. The molecule has 2 aliphatic heterocycles. The van der Waals surface area contributed by atoms with Crippen molar-refractivity contribution in [1.29, 1.82) is 0 Å². The fraction of sp³-hybridized carbons (Fsp3) is 0.471. The van der Waals surface area contributed by atoms with Crippen LogP contribution < -0.4 is 9.47 Å². The zero-order valence-electron chi connectivity index (χ0n) is 13.4. The van der Waals surface area contributed by atoms with Crippen LogP contribution in [0.4, 0.5) is 0 Å². The maximum Gasteiger partial charge on any atom is 0.244 e. The number of hydrogen-bond acceptors (Lipinski definition) is 5. The Kier molecular flexibility index (Phi) is 4.06. The molecule has 3 heterocycles. The first-order chi connectivity index (χ1) is 11.8. The molecule has 1 amide bonds. The van der Waals surface area contributed by atoms with E-state index in [1.54, 1.807) is 11.0 Å². The van der Waals surface area contributed by atoms with E-state index in [9.17, 15) is 4.79 Å². The number of likely N-dealkylation sites (tertiary alicyclic amines) is 1. The average Bonchev–Trinajstić information content (AvgIpc) is 3.22. The lowest BCUT2D eigenvalue weighted by molar-refractivity contribution is -0.133. The van der Waals surface area contributed by atoms with E-state index in [1.165, 1.54) is 6.33 Å². The Bertz CT molecular complexity index is 717. The van der Waals surface area contributed by atoms with Gasteiger partial charge in [0.1, 0.15) is 19.2 Å². The Hall–Kier alpha value is -2.57. The summed E-state index contributed by atoms with van der Waals surface area (Å²) in [6, 6.07) is 6.10. The third-order valence-electron chi connectivity index (χ3n) is 4.49. The normalized spacial score (nSPS) is 20.0. The van der Waals surface area contributed by atoms with Gasteiger partial charge in [0.05, 0.1) is 19.3 Å². The molecule has 4 rings (SSSR count). The van der Waals surface area contributed by atoms with Gasteiger partial charge in [-0.1, -0.05) is 6.07 Å². The highest BCUT2D eigenvalue weighted by Gasteiger charge is 2.30. The standard InChI is InChI=1S/C17H20N4O3/c22-17(10-20-12-18-11-19-20)21-6-1-3-14(21)13-4-5-15-16(9-13)24-8-2-7-23-15/h4-5,9,11-12,14H,1-3,6-8,10H2/t14-/m0/s1. The third-order valence-corrected chi connectivity index (χ3v) is 4.49. The maximum atomic E-state index is 12.6. The van der Waals surface area contributed by atoms with Crippen LogP contribution in [0.5, 0.6) is 11.5 Å². The molecule has 1 aromatic heterocycles. The molecule has 1 fully saturated rings. The second kappa shape index (κ2) is 6.51. The highest BCUT2D eigenvalue weighted by atomic mass is 16.5. The SMILES string of the molecule is O=C(Cn1cncn1)N1CCC[C@H]1c1ccc2c(c1)OCCCO2. The summed E-state index contributed by atoms with van der Waals surface area (Å²) >= 11 is 0. The number of aromatic nitrogens is 3. The quantitative estimate of drug-likeness (QED) is 0.859. The van der Waals surface area contributed by atoms with Crippen molar-refractivity contribution in [3.8, 4) is 11.5 Å². The minimum absolute atomic E-state index is 0.0649. The summed E-state index contributed by atoms with van der Waals surface area (Å²) in [6.45, 7) is 2.34. The van der Waals surface area contributed by atoms with Gasteiger partial charge in [-0.3, -0.25) is 4.79 Å². The fourth-order valence-electron chi connectivity index (χ4n) is 3.34. The molecule has 0 unspecified atom stereocenters. The molecule has 0 radical (unpaired) electrons. The van der Waals surface area contributed by atoms with Gasteiger partial charge in [-0.25, -0.2) is 9.67 Å². The van der Waals surface area contributed by atoms with Crippen LogP contribution in [0.2, 0.25) is 0 Å². The van der Waals surface area contributed by atoms with Crippen molar-refractivity contribution in [3.05, 3.63) is 36.4 Å². The van der Waals surface area contributed by atoms with Gasteiger partial charge in [-0.2, -0.15) is 5.10 Å². The highest BCUT2D eigenvalue weighted by molar-refractivity contribution is 5.76. The molecular formula is C17H20N4O3. The van der Waals surface area contributed by atoms with Gasteiger partial charge < -0.3 is 14.4 Å². The molecule has 24 heavy (non-hydrogen) atoms. The first-order valence-corrected chi connectivity index (χ1v) is 8.33. The summed E-state index contributed by atoms with van der Waals surface area (Å²) in [5.74, 6) is 1.63. The van der Waals surface area contributed by atoms with Gasteiger partial charge in [0.15, 0.2) is 11.5 Å². The van der Waals surface area contributed by atoms with Gasteiger partial charge in [-0.15, -0.1) is 0 Å². The lowest BCUT2D eigenvalue weighted by Gasteiger charge is -2.25. The highest BCUT2D eigenvalue weighted by Crippen LogP contribution is 2.37. The number of rotatable bonds is 3. The Morgan fingerprint density at radius 3 is 2.92 bits per heavy atom. The average molecular weight is 328 g/mol. The Morgan fingerprint density at radius 1 is 1.21 bits per heavy atom. The van der Waals surface area contributed by atoms with Crippen molar-refractivity contribution in [1.82, 2.24) is 19.7 Å². The van der Waals surface area contributed by atoms with Gasteiger partial charge in [0.25, 0.3) is 0 Å². The van der Waals surface area contributed by atoms with Gasteiger partial charge in [-0.05, 0) is 30.5 Å². The van der Waals surface area contributed by atoms with E-state index >= 15 is 0 Å². The van der Waals surface area contributed by atoms with Crippen molar-refractivity contribution in [2.75, 3.05) is 19.8 Å². The smallest absolute Gasteiger partial charge is 0.244 e. The molecule has 1 saturated heterocycles. The van der Waals surface area contributed by atoms with Crippen LogP contribution in [0.25, 0.3) is 0 Å². The largest absolute Gasteiger partial charge is 0.490 e. The summed E-state index contributed by atoms with van der Waals surface area (Å²) in [5.41, 5.74) is 1.10. The number of benzene rings is 1. The van der Waals surface area contributed by atoms with Crippen LogP contribution in [-0.4, -0.2) is 45.3 Å². The second-order valence-electron chi connectivity index (χ2n) is 6.09. The predicted molar refractivity (Wildman–Crippen MR) is 85.8 cm³/mol. The van der Waals surface area contributed by atoms with Crippen LogP contribution in [-0.2, 0) is 11.3 Å². The number of carbonyl (C=O) groups excluding carboxylic acids is 1. The fourth-order valence-corrected chi connectivity index (χ4v) is 3.34. The van der Waals surface area contributed by atoms with Crippen molar-refractivity contribution in [3.63, 3.8) is 0 Å². The van der Waals surface area contributed by atoms with Crippen molar-refractivity contribution in [2.45, 2.75) is 31.8 Å². The molecule has 1 atom stereocenters. The van der Waals surface area contributed by atoms with Crippen LogP contribution in [0.1, 0.15) is 30.9 Å². The first kappa shape index (κ1) is 15.0. The minimum atomic E-state index is 0.0649. The van der Waals surface area contributed by atoms with E-state index in [2.05, 4.69) is 10.1 Å². The molecule has 0 spiro atoms. The van der Waals surface area contributed by atoms with E-state index in [1.807, 2.05) is 23.1 Å². The zero-order chi connectivity index (χ0) is 16.4. The molecule has 0 aliphatic carbocycles. The van der Waals surface area contributed by atoms with Crippen LogP contribution in [0.15, 0.2) is 30.9 Å². The summed E-state index contributed by atoms with van der Waals surface area (Å²) < 4.78 is 13.0. The van der Waals surface area contributed by atoms with E-state index in [4.69, 9.17) is 9.47 Å². The van der Waals surface area contributed by atoms with E-state index in [0.29, 0.717) is 13.2 Å². The molecule has 0 bridgehead atoms. The van der Waals surface area contributed by atoms with Crippen LogP contribution in [0, 0.1) is 0 Å². The van der Waals surface area contributed by atoms with Crippen LogP contribution in [0.3, 0.4) is 0 Å². The molecule has 1 aromatic carbocycles. The van der Waals surface area contributed by atoms with E-state index in [-0.39, 0.29) is 18.5 Å². The van der Waals surface area contributed by atoms with E-state index < -0.39 is 0 Å². The third kappa shape index (κ3) is 2.93. The number of carbonyl (C=O) groups is 1. The molecule has 0 N–H and O–H groups in total. The molecule has 7 heteroatoms. The summed E-state index contributed by atoms with van der Waals surface area (Å²) in [5, 5.41) is 4.01. The zero-order valence-corrected chi connectivity index (χ0v) is 13.4. The van der Waals surface area contributed by atoms with Crippen LogP contribution >= 0.6 is 0 Å². The summed E-state index contributed by atoms with van der Waals surface area (Å²) in [4.78, 5) is 18.4. The molecule has 126 valence electrons. The van der Waals surface area contributed by atoms with E-state index in [0.717, 1.165) is 42.9 Å². The topological polar surface area (TPSA) is 69.5 Å². The van der Waals surface area contributed by atoms with Crippen molar-refractivity contribution >= 4 is 5.91 Å². The molecule has 0 saturated carbocycles. The number of fused-ring (bicyclic) bond motifs is 1. The second-order valence-corrected chi connectivity index (χ2v) is 6.09. The minimum Gasteiger partial charge on any atom is -0.490 e. The Balaban J connectivity index is 1.54. The maximum absolute atomic E-state index is 12.6. The number of ether oxygens (including phenoxy) is 2. The van der Waals surface area contributed by atoms with Gasteiger partial charge >= 0.3 is 0 Å². The first-order valence-electron chi connectivity index (χ1n) is 8.33. The molecule has 2 aromatic rings. The number of nitrogens with zero attached hydrogens (tertiary/aromatic N) is 4. The summed E-state index contributed by atoms with van der Waals surface area (Å²) in [6.07, 6.45) is 5.86. The van der Waals surface area contributed by atoms with Crippen molar-refractivity contribution < 1.29 is 14.3 Å². The lowest BCUT2D eigenvalue weighted by Crippen LogP contribution is -2.33. The monoisotopic (exact) mass is 328 g/mol.